The van der Waals surface area contributed by atoms with E-state index < -0.39 is 0 Å². The zero-order valence-electron chi connectivity index (χ0n) is 14.7. The van der Waals surface area contributed by atoms with E-state index in [0.717, 1.165) is 31.4 Å². The summed E-state index contributed by atoms with van der Waals surface area (Å²) in [6.45, 7) is 1.89. The zero-order valence-corrected chi connectivity index (χ0v) is 16.3. The molecule has 9 heteroatoms. The summed E-state index contributed by atoms with van der Waals surface area (Å²) in [5.41, 5.74) is 0.964. The average Bonchev–Trinajstić information content (AvgIpc) is 3.39. The number of nitrogens with zero attached hydrogens (tertiary/aromatic N) is 4. The first-order valence-corrected chi connectivity index (χ1v) is 10.2. The molecule has 4 rings (SSSR count). The van der Waals surface area contributed by atoms with Crippen LogP contribution >= 0.6 is 22.9 Å². The number of carbonyl (C=O) groups is 2. The molecule has 1 N–H and O–H groups in total. The quantitative estimate of drug-likeness (QED) is 0.827. The van der Waals surface area contributed by atoms with Gasteiger partial charge in [-0.05, 0) is 37.0 Å². The third-order valence-corrected chi connectivity index (χ3v) is 6.08. The van der Waals surface area contributed by atoms with Gasteiger partial charge in [0, 0.05) is 31.1 Å². The summed E-state index contributed by atoms with van der Waals surface area (Å²) >= 11 is 7.37. The molecule has 0 aliphatic carbocycles. The largest absolute Gasteiger partial charge is 0.350 e. The van der Waals surface area contributed by atoms with Crippen molar-refractivity contribution in [1.82, 2.24) is 15.5 Å². The van der Waals surface area contributed by atoms with Crippen LogP contribution in [0.15, 0.2) is 24.3 Å². The van der Waals surface area contributed by atoms with Crippen LogP contribution in [-0.4, -0.2) is 41.1 Å². The minimum absolute atomic E-state index is 0.0264. The predicted octanol–water partition coefficient (Wildman–Crippen LogP) is 2.60. The first kappa shape index (κ1) is 18.2. The molecule has 3 heterocycles. The highest BCUT2D eigenvalue weighted by molar-refractivity contribution is 7.19. The summed E-state index contributed by atoms with van der Waals surface area (Å²) in [4.78, 5) is 28.3. The number of hydrogen-bond acceptors (Lipinski definition) is 6. The Morgan fingerprint density at radius 1 is 1.26 bits per heavy atom. The van der Waals surface area contributed by atoms with Crippen LogP contribution in [0, 0.1) is 0 Å². The van der Waals surface area contributed by atoms with E-state index in [1.165, 1.54) is 11.3 Å². The molecule has 2 aliphatic rings. The molecule has 1 aromatic carbocycles. The van der Waals surface area contributed by atoms with Gasteiger partial charge in [0.15, 0.2) is 0 Å². The summed E-state index contributed by atoms with van der Waals surface area (Å²) in [5.74, 6) is 0.0661. The summed E-state index contributed by atoms with van der Waals surface area (Å²) in [7, 11) is 0. The summed E-state index contributed by atoms with van der Waals surface area (Å²) in [6, 6.07) is 7.19. The van der Waals surface area contributed by atoms with Crippen LogP contribution in [0.25, 0.3) is 0 Å². The predicted molar refractivity (Wildman–Crippen MR) is 105 cm³/mol. The smallest absolute Gasteiger partial charge is 0.243 e. The maximum Gasteiger partial charge on any atom is 0.243 e. The van der Waals surface area contributed by atoms with Gasteiger partial charge in [0.25, 0.3) is 0 Å². The van der Waals surface area contributed by atoms with Crippen molar-refractivity contribution in [2.75, 3.05) is 22.9 Å². The number of nitrogens with one attached hydrogen (secondary N) is 1. The highest BCUT2D eigenvalue weighted by Crippen LogP contribution is 2.33. The number of benzene rings is 1. The third-order valence-electron chi connectivity index (χ3n) is 4.86. The van der Waals surface area contributed by atoms with Crippen molar-refractivity contribution in [3.8, 4) is 0 Å². The number of hydrogen-bond donors (Lipinski definition) is 1. The molecule has 2 saturated heterocycles. The highest BCUT2D eigenvalue weighted by Gasteiger charge is 2.34. The molecule has 1 atom stereocenters. The van der Waals surface area contributed by atoms with E-state index in [4.69, 9.17) is 11.6 Å². The molecule has 2 amide bonds. The Morgan fingerprint density at radius 3 is 2.89 bits per heavy atom. The topological polar surface area (TPSA) is 78.4 Å². The molecule has 142 valence electrons. The van der Waals surface area contributed by atoms with E-state index in [9.17, 15) is 9.59 Å². The van der Waals surface area contributed by atoms with Gasteiger partial charge in [0.05, 0.1) is 0 Å². The van der Waals surface area contributed by atoms with E-state index in [1.54, 1.807) is 4.90 Å². The highest BCUT2D eigenvalue weighted by atomic mass is 35.5. The fourth-order valence-corrected chi connectivity index (χ4v) is 4.68. The van der Waals surface area contributed by atoms with E-state index in [2.05, 4.69) is 15.5 Å². The fourth-order valence-electron chi connectivity index (χ4n) is 3.51. The molecule has 0 unspecified atom stereocenters. The molecule has 0 radical (unpaired) electrons. The second kappa shape index (κ2) is 7.82. The van der Waals surface area contributed by atoms with Crippen LogP contribution in [0.3, 0.4) is 0 Å². The Hall–Kier alpha value is -2.19. The zero-order chi connectivity index (χ0) is 18.8. The minimum atomic E-state index is -0.265. The Labute approximate surface area is 166 Å². The Morgan fingerprint density at radius 2 is 2.11 bits per heavy atom. The number of aromatic nitrogens is 2. The number of anilines is 2. The van der Waals surface area contributed by atoms with Gasteiger partial charge in [-0.3, -0.25) is 14.5 Å². The van der Waals surface area contributed by atoms with E-state index in [0.29, 0.717) is 34.8 Å². The maximum atomic E-state index is 12.7. The van der Waals surface area contributed by atoms with Crippen LogP contribution in [0.1, 0.15) is 31.2 Å². The van der Waals surface area contributed by atoms with Crippen molar-refractivity contribution < 1.29 is 9.59 Å². The molecular weight excluding hydrogens is 386 g/mol. The Bertz CT molecular complexity index is 858. The number of halogens is 1. The molecular formula is C18H20ClN5O2S. The molecule has 7 nitrogen and oxygen atoms in total. The van der Waals surface area contributed by atoms with Gasteiger partial charge >= 0.3 is 0 Å². The van der Waals surface area contributed by atoms with Crippen LogP contribution in [0.5, 0.6) is 0 Å². The molecule has 27 heavy (non-hydrogen) atoms. The lowest BCUT2D eigenvalue weighted by molar-refractivity contribution is -0.122. The lowest BCUT2D eigenvalue weighted by atomic mass is 10.2. The van der Waals surface area contributed by atoms with Crippen molar-refractivity contribution in [3.63, 3.8) is 0 Å². The first-order valence-electron chi connectivity index (χ1n) is 9.04. The van der Waals surface area contributed by atoms with Crippen molar-refractivity contribution in [2.24, 2.45) is 0 Å². The van der Waals surface area contributed by atoms with Crippen molar-refractivity contribution in [3.05, 3.63) is 34.9 Å². The molecule has 2 aromatic rings. The van der Waals surface area contributed by atoms with Crippen LogP contribution < -0.4 is 15.1 Å². The number of carbonyl (C=O) groups excluding carboxylic acids is 2. The van der Waals surface area contributed by atoms with Gasteiger partial charge in [-0.25, -0.2) is 0 Å². The standard InChI is InChI=1S/C18H20ClN5O2S/c19-13-5-1-4-12(10-13)11-20-16(26)14-6-2-8-23(14)17-21-22-18(27-17)24-9-3-7-15(24)25/h1,4-5,10,14H,2-3,6-9,11H2,(H,20,26)/t14-/m1/s1. The molecule has 0 bridgehead atoms. The summed E-state index contributed by atoms with van der Waals surface area (Å²) < 4.78 is 0. The van der Waals surface area contributed by atoms with Crippen LogP contribution in [-0.2, 0) is 16.1 Å². The van der Waals surface area contributed by atoms with E-state index in [-0.39, 0.29) is 17.9 Å². The Balaban J connectivity index is 1.42. The number of rotatable bonds is 5. The summed E-state index contributed by atoms with van der Waals surface area (Å²) in [6.07, 6.45) is 3.12. The molecule has 1 aromatic heterocycles. The summed E-state index contributed by atoms with van der Waals surface area (Å²) in [5, 5.41) is 13.4. The van der Waals surface area contributed by atoms with Gasteiger partial charge in [-0.2, -0.15) is 0 Å². The first-order chi connectivity index (χ1) is 13.1. The van der Waals surface area contributed by atoms with E-state index >= 15 is 0 Å². The van der Waals surface area contributed by atoms with Gasteiger partial charge in [-0.15, -0.1) is 10.2 Å². The molecule has 2 fully saturated rings. The number of amides is 2. The van der Waals surface area contributed by atoms with Crippen LogP contribution in [0.4, 0.5) is 10.3 Å². The van der Waals surface area contributed by atoms with Crippen LogP contribution in [0.2, 0.25) is 5.02 Å². The van der Waals surface area contributed by atoms with Gasteiger partial charge in [0.2, 0.25) is 22.1 Å². The maximum absolute atomic E-state index is 12.7. The Kier molecular flexibility index (Phi) is 5.27. The SMILES string of the molecule is O=C(NCc1cccc(Cl)c1)[C@H]1CCCN1c1nnc(N2CCCC2=O)s1. The van der Waals surface area contributed by atoms with Gasteiger partial charge in [0.1, 0.15) is 6.04 Å². The van der Waals surface area contributed by atoms with Crippen molar-refractivity contribution in [1.29, 1.82) is 0 Å². The minimum Gasteiger partial charge on any atom is -0.350 e. The lowest BCUT2D eigenvalue weighted by Crippen LogP contribution is -2.43. The average molecular weight is 406 g/mol. The normalized spacial score (nSPS) is 19.7. The second-order valence-corrected chi connectivity index (χ2v) is 8.09. The van der Waals surface area contributed by atoms with Gasteiger partial charge < -0.3 is 10.2 Å². The van der Waals surface area contributed by atoms with Crippen molar-refractivity contribution in [2.45, 2.75) is 38.3 Å². The fraction of sp³-hybridized carbons (Fsp3) is 0.444. The van der Waals surface area contributed by atoms with Gasteiger partial charge in [-0.1, -0.05) is 35.1 Å². The van der Waals surface area contributed by atoms with E-state index in [1.807, 2.05) is 29.2 Å². The second-order valence-electron chi connectivity index (χ2n) is 6.72. The lowest BCUT2D eigenvalue weighted by Gasteiger charge is -2.22. The van der Waals surface area contributed by atoms with Crippen molar-refractivity contribution >= 4 is 45.0 Å². The monoisotopic (exact) mass is 405 g/mol. The third kappa shape index (κ3) is 3.91. The molecule has 0 spiro atoms. The molecule has 2 aliphatic heterocycles. The molecule has 0 saturated carbocycles.